The second-order valence-electron chi connectivity index (χ2n) is 8.91. The number of carbonyl (C=O) groups is 1. The number of rotatable bonds is 9. The molecule has 0 unspecified atom stereocenters. The van der Waals surface area contributed by atoms with Crippen LogP contribution in [0.4, 0.5) is 17.6 Å². The molecule has 194 valence electrons. The molecule has 0 aliphatic rings. The quantitative estimate of drug-likeness (QED) is 0.295. The second-order valence-corrected chi connectivity index (χ2v) is 8.91. The Morgan fingerprint density at radius 2 is 1.62 bits per heavy atom. The van der Waals surface area contributed by atoms with Crippen LogP contribution >= 0.6 is 0 Å². The zero-order valence-electron chi connectivity index (χ0n) is 20.3. The van der Waals surface area contributed by atoms with Gasteiger partial charge >= 0.3 is 12.1 Å². The Morgan fingerprint density at radius 1 is 1.00 bits per heavy atom. The fraction of sp³-hybridized carbons (Fsp3) is 0.286. The van der Waals surface area contributed by atoms with Gasteiger partial charge in [-0.15, -0.1) is 0 Å². The number of halogens is 4. The van der Waals surface area contributed by atoms with Crippen LogP contribution in [0.5, 0.6) is 0 Å². The molecule has 0 aromatic heterocycles. The molecule has 0 saturated carbocycles. The van der Waals surface area contributed by atoms with Gasteiger partial charge in [0.15, 0.2) is 0 Å². The monoisotopic (exact) mass is 514 g/mol. The van der Waals surface area contributed by atoms with Crippen molar-refractivity contribution < 1.29 is 32.2 Å². The first-order valence-corrected chi connectivity index (χ1v) is 11.4. The Morgan fingerprint density at radius 3 is 2.19 bits per heavy atom. The average Bonchev–Trinajstić information content (AvgIpc) is 2.86. The lowest BCUT2D eigenvalue weighted by molar-refractivity contribution is -0.137. The molecule has 9 heteroatoms. The summed E-state index contributed by atoms with van der Waals surface area (Å²) in [7, 11) is 3.79. The molecule has 0 amide bonds. The normalized spacial score (nSPS) is 13.2. The fourth-order valence-electron chi connectivity index (χ4n) is 4.02. The number of carbonyl (C=O) groups excluding carboxylic acids is 1. The van der Waals surface area contributed by atoms with Gasteiger partial charge in [0.05, 0.1) is 22.8 Å². The highest BCUT2D eigenvalue weighted by Gasteiger charge is 2.34. The maximum absolute atomic E-state index is 13.6. The summed E-state index contributed by atoms with van der Waals surface area (Å²) in [6.07, 6.45) is -3.71. The molecular formula is C28H26F4N2O3. The molecule has 0 heterocycles. The maximum Gasteiger partial charge on any atom is 0.416 e. The zero-order valence-corrected chi connectivity index (χ0v) is 20.3. The molecule has 3 aromatic carbocycles. The highest BCUT2D eigenvalue weighted by atomic mass is 19.4. The van der Waals surface area contributed by atoms with E-state index in [0.717, 1.165) is 24.3 Å². The number of nitrogens with zero attached hydrogens (tertiary/aromatic N) is 2. The summed E-state index contributed by atoms with van der Waals surface area (Å²) in [5, 5.41) is 21.3. The standard InChI is InChI=1S/C28H26F4N2O3/c1-34(2)15-3-14-27(36,22-9-11-24(29)12-10-22)25-13-4-19(17-33)16-21(25)18-37-26(35)20-5-7-23(8-6-20)28(30,31)32/h4-13,16,36H,3,14-15,18H2,1-2H3/t27-/m0/s1. The fourth-order valence-corrected chi connectivity index (χ4v) is 4.02. The molecule has 37 heavy (non-hydrogen) atoms. The number of benzene rings is 3. The minimum absolute atomic E-state index is 0.0780. The van der Waals surface area contributed by atoms with Crippen molar-refractivity contribution in [3.05, 3.63) is 106 Å². The van der Waals surface area contributed by atoms with Crippen molar-refractivity contribution in [3.8, 4) is 6.07 Å². The lowest BCUT2D eigenvalue weighted by Gasteiger charge is -2.32. The molecule has 3 aromatic rings. The molecule has 0 spiro atoms. The minimum Gasteiger partial charge on any atom is -0.457 e. The Bertz CT molecular complexity index is 1270. The molecule has 0 aliphatic carbocycles. The van der Waals surface area contributed by atoms with E-state index in [-0.39, 0.29) is 24.2 Å². The topological polar surface area (TPSA) is 73.6 Å². The van der Waals surface area contributed by atoms with E-state index in [2.05, 4.69) is 0 Å². The van der Waals surface area contributed by atoms with Crippen LogP contribution in [-0.4, -0.2) is 36.6 Å². The van der Waals surface area contributed by atoms with Gasteiger partial charge in [0.1, 0.15) is 18.0 Å². The predicted molar refractivity (Wildman–Crippen MR) is 129 cm³/mol. The zero-order chi connectivity index (χ0) is 27.2. The van der Waals surface area contributed by atoms with E-state index in [0.29, 0.717) is 29.7 Å². The summed E-state index contributed by atoms with van der Waals surface area (Å²) in [6.45, 7) is 0.319. The third-order valence-electron chi connectivity index (χ3n) is 5.95. The largest absolute Gasteiger partial charge is 0.457 e. The molecule has 0 saturated heterocycles. The van der Waals surface area contributed by atoms with Gasteiger partial charge in [-0.3, -0.25) is 0 Å². The van der Waals surface area contributed by atoms with Gasteiger partial charge in [0, 0.05) is 0 Å². The predicted octanol–water partition coefficient (Wildman–Crippen LogP) is 5.65. The first-order chi connectivity index (χ1) is 17.4. The van der Waals surface area contributed by atoms with Gasteiger partial charge in [0.25, 0.3) is 0 Å². The lowest BCUT2D eigenvalue weighted by atomic mass is 9.80. The van der Waals surface area contributed by atoms with Crippen LogP contribution in [0.2, 0.25) is 0 Å². The molecule has 5 nitrogen and oxygen atoms in total. The van der Waals surface area contributed by atoms with Gasteiger partial charge in [0.2, 0.25) is 0 Å². The molecule has 0 bridgehead atoms. The molecule has 1 atom stereocenters. The Hall–Kier alpha value is -3.74. The van der Waals surface area contributed by atoms with Crippen LogP contribution in [-0.2, 0) is 23.1 Å². The Balaban J connectivity index is 1.94. The van der Waals surface area contributed by atoms with Crippen molar-refractivity contribution in [1.29, 1.82) is 5.26 Å². The number of esters is 1. The number of alkyl halides is 3. The van der Waals surface area contributed by atoms with Gasteiger partial charge < -0.3 is 14.7 Å². The Kier molecular flexibility index (Phi) is 8.69. The molecule has 0 fully saturated rings. The van der Waals surface area contributed by atoms with E-state index in [1.807, 2.05) is 25.1 Å². The average molecular weight is 515 g/mol. The molecule has 1 N–H and O–H groups in total. The third kappa shape index (κ3) is 6.94. The van der Waals surface area contributed by atoms with Gasteiger partial charge in [-0.2, -0.15) is 18.4 Å². The first kappa shape index (κ1) is 27.8. The van der Waals surface area contributed by atoms with Crippen LogP contribution in [0.15, 0.2) is 66.7 Å². The van der Waals surface area contributed by atoms with E-state index >= 15 is 0 Å². The van der Waals surface area contributed by atoms with Crippen molar-refractivity contribution in [3.63, 3.8) is 0 Å². The van der Waals surface area contributed by atoms with Crippen LogP contribution in [0.1, 0.15) is 51.0 Å². The number of nitriles is 1. The number of aliphatic hydroxyl groups is 1. The van der Waals surface area contributed by atoms with Crippen LogP contribution < -0.4 is 0 Å². The van der Waals surface area contributed by atoms with E-state index in [1.54, 1.807) is 6.07 Å². The van der Waals surface area contributed by atoms with Crippen LogP contribution in [0.25, 0.3) is 0 Å². The third-order valence-corrected chi connectivity index (χ3v) is 5.95. The minimum atomic E-state index is -4.54. The summed E-state index contributed by atoms with van der Waals surface area (Å²) in [5.74, 6) is -1.33. The Labute approximate surface area is 212 Å². The van der Waals surface area contributed by atoms with Crippen molar-refractivity contribution in [2.24, 2.45) is 0 Å². The molecule has 0 radical (unpaired) electrons. The van der Waals surface area contributed by atoms with Crippen molar-refractivity contribution in [1.82, 2.24) is 4.90 Å². The van der Waals surface area contributed by atoms with E-state index < -0.39 is 29.1 Å². The number of ether oxygens (including phenoxy) is 1. The second kappa shape index (κ2) is 11.5. The van der Waals surface area contributed by atoms with Crippen molar-refractivity contribution in [2.45, 2.75) is 31.2 Å². The van der Waals surface area contributed by atoms with Crippen LogP contribution in [0.3, 0.4) is 0 Å². The summed E-state index contributed by atoms with van der Waals surface area (Å²) in [5.41, 5.74) is -1.16. The SMILES string of the molecule is CN(C)CCC[C@](O)(c1ccc(F)cc1)c1ccc(C#N)cc1COC(=O)c1ccc(C(F)(F)F)cc1. The van der Waals surface area contributed by atoms with Gasteiger partial charge in [-0.1, -0.05) is 18.2 Å². The van der Waals surface area contributed by atoms with E-state index in [1.165, 1.54) is 36.4 Å². The van der Waals surface area contributed by atoms with Gasteiger partial charge in [-0.25, -0.2) is 9.18 Å². The highest BCUT2D eigenvalue weighted by Crippen LogP contribution is 2.37. The molecule has 3 rings (SSSR count). The maximum atomic E-state index is 13.6. The number of hydrogen-bond donors (Lipinski definition) is 1. The van der Waals surface area contributed by atoms with Crippen molar-refractivity contribution >= 4 is 5.97 Å². The highest BCUT2D eigenvalue weighted by molar-refractivity contribution is 5.89. The van der Waals surface area contributed by atoms with Gasteiger partial charge in [-0.05, 0) is 98.7 Å². The number of hydrogen-bond acceptors (Lipinski definition) is 5. The summed E-state index contributed by atoms with van der Waals surface area (Å²) in [4.78, 5) is 14.5. The first-order valence-electron chi connectivity index (χ1n) is 11.4. The smallest absolute Gasteiger partial charge is 0.416 e. The van der Waals surface area contributed by atoms with E-state index in [4.69, 9.17) is 4.74 Å². The summed E-state index contributed by atoms with van der Waals surface area (Å²) >= 11 is 0. The summed E-state index contributed by atoms with van der Waals surface area (Å²) < 4.78 is 57.5. The van der Waals surface area contributed by atoms with Crippen molar-refractivity contribution in [2.75, 3.05) is 20.6 Å². The van der Waals surface area contributed by atoms with Crippen LogP contribution in [0, 0.1) is 17.1 Å². The van der Waals surface area contributed by atoms with E-state index in [9.17, 15) is 32.7 Å². The molecular weight excluding hydrogens is 488 g/mol. The molecule has 0 aliphatic heterocycles. The summed E-state index contributed by atoms with van der Waals surface area (Å²) in [6, 6.07) is 15.6. The lowest BCUT2D eigenvalue weighted by Crippen LogP contribution is -2.30.